The zero-order valence-corrected chi connectivity index (χ0v) is 16.8. The fourth-order valence-electron chi connectivity index (χ4n) is 3.02. The minimum Gasteiger partial charge on any atom is -1.00 e. The van der Waals surface area contributed by atoms with Crippen LogP contribution in [-0.4, -0.2) is 4.98 Å². The Labute approximate surface area is 168 Å². The fraction of sp³-hybridized carbons (Fsp3) is 0.182. The van der Waals surface area contributed by atoms with Crippen LogP contribution in [0.2, 0.25) is 0 Å². The first-order valence-electron chi connectivity index (χ1n) is 8.73. The molecule has 0 atom stereocenters. The van der Waals surface area contributed by atoms with Gasteiger partial charge in [-0.1, -0.05) is 32.0 Å². The highest BCUT2D eigenvalue weighted by molar-refractivity contribution is 5.76. The lowest BCUT2D eigenvalue weighted by Crippen LogP contribution is -3.00. The topological polar surface area (TPSA) is 29.9 Å². The first kappa shape index (κ1) is 19.2. The van der Waals surface area contributed by atoms with Gasteiger partial charge in [0.25, 0.3) is 0 Å². The molecule has 0 aliphatic heterocycles. The third kappa shape index (κ3) is 4.25. The number of fused-ring (bicyclic) bond motifs is 1. The van der Waals surface area contributed by atoms with Gasteiger partial charge < -0.3 is 21.4 Å². The van der Waals surface area contributed by atoms with E-state index >= 15 is 0 Å². The molecule has 0 aliphatic carbocycles. The highest BCUT2D eigenvalue weighted by Gasteiger charge is 2.13. The van der Waals surface area contributed by atoms with Crippen molar-refractivity contribution in [2.45, 2.75) is 26.3 Å². The number of oxazole rings is 1. The molecule has 0 saturated heterocycles. The second-order valence-corrected chi connectivity index (χ2v) is 6.80. The van der Waals surface area contributed by atoms with Crippen LogP contribution in [-0.2, 0) is 6.54 Å². The van der Waals surface area contributed by atoms with Crippen molar-refractivity contribution in [2.75, 3.05) is 0 Å². The number of rotatable bonds is 4. The Hall–Kier alpha value is -2.53. The molecule has 2 aromatic heterocycles. The lowest BCUT2D eigenvalue weighted by Gasteiger charge is -2.02. The summed E-state index contributed by atoms with van der Waals surface area (Å²) in [6.07, 6.45) is 3.92. The molecule has 0 amide bonds. The number of pyridine rings is 1. The van der Waals surface area contributed by atoms with Crippen LogP contribution in [0.3, 0.4) is 0 Å². The third-order valence-corrected chi connectivity index (χ3v) is 4.44. The van der Waals surface area contributed by atoms with E-state index in [-0.39, 0.29) is 22.8 Å². The molecule has 5 heteroatoms. The Kier molecular flexibility index (Phi) is 5.71. The molecule has 0 spiro atoms. The normalized spacial score (nSPS) is 11.0. The summed E-state index contributed by atoms with van der Waals surface area (Å²) in [7, 11) is 0. The number of nitrogens with zero attached hydrogens (tertiary/aromatic N) is 2. The van der Waals surface area contributed by atoms with Crippen molar-refractivity contribution >= 4 is 11.1 Å². The van der Waals surface area contributed by atoms with E-state index in [2.05, 4.69) is 31.0 Å². The van der Waals surface area contributed by atoms with Crippen molar-refractivity contribution in [1.82, 2.24) is 4.98 Å². The highest BCUT2D eigenvalue weighted by atomic mass is 79.9. The third-order valence-electron chi connectivity index (χ3n) is 4.44. The van der Waals surface area contributed by atoms with Crippen molar-refractivity contribution in [3.05, 3.63) is 83.9 Å². The van der Waals surface area contributed by atoms with Gasteiger partial charge in [-0.25, -0.2) is 9.37 Å². The van der Waals surface area contributed by atoms with Gasteiger partial charge in [0.15, 0.2) is 24.5 Å². The monoisotopic (exact) mass is 426 g/mol. The van der Waals surface area contributed by atoms with Crippen molar-refractivity contribution < 1.29 is 30.4 Å². The van der Waals surface area contributed by atoms with E-state index in [1.54, 1.807) is 12.1 Å². The van der Waals surface area contributed by atoms with Gasteiger partial charge in [0.1, 0.15) is 16.9 Å². The number of hydrogen-bond donors (Lipinski definition) is 0. The molecule has 0 fully saturated rings. The van der Waals surface area contributed by atoms with E-state index in [4.69, 9.17) is 4.42 Å². The summed E-state index contributed by atoms with van der Waals surface area (Å²) in [5, 5.41) is 0. The molecule has 0 aliphatic rings. The maximum Gasteiger partial charge on any atom is 0.233 e. The smallest absolute Gasteiger partial charge is 0.233 e. The molecular weight excluding hydrogens is 407 g/mol. The van der Waals surface area contributed by atoms with Crippen LogP contribution in [0.1, 0.15) is 30.9 Å². The first-order chi connectivity index (χ1) is 12.6. The standard InChI is InChI=1S/C22H20FN2O.BrH/c1-15(2)17-8-9-21-20(12-17)24-22(26-21)18-6-4-10-25(14-18)13-16-5-3-7-19(23)11-16;/h3-12,14-15H,13H2,1-2H3;1H/q+1;/p-1. The predicted octanol–water partition coefficient (Wildman–Crippen LogP) is 2.10. The highest BCUT2D eigenvalue weighted by Crippen LogP contribution is 2.26. The zero-order chi connectivity index (χ0) is 18.1. The van der Waals surface area contributed by atoms with Gasteiger partial charge in [0, 0.05) is 11.6 Å². The largest absolute Gasteiger partial charge is 1.00 e. The molecule has 3 nitrogen and oxygen atoms in total. The summed E-state index contributed by atoms with van der Waals surface area (Å²) in [5.74, 6) is 0.818. The molecule has 0 N–H and O–H groups in total. The summed E-state index contributed by atoms with van der Waals surface area (Å²) in [4.78, 5) is 4.65. The zero-order valence-electron chi connectivity index (χ0n) is 15.2. The second-order valence-electron chi connectivity index (χ2n) is 6.80. The van der Waals surface area contributed by atoms with Crippen molar-refractivity contribution in [2.24, 2.45) is 0 Å². The van der Waals surface area contributed by atoms with Gasteiger partial charge in [-0.05, 0) is 41.8 Å². The van der Waals surface area contributed by atoms with Crippen LogP contribution in [0.4, 0.5) is 4.39 Å². The Morgan fingerprint density at radius 3 is 2.70 bits per heavy atom. The van der Waals surface area contributed by atoms with Crippen LogP contribution in [0.25, 0.3) is 22.6 Å². The molecule has 0 bridgehead atoms. The molecule has 0 radical (unpaired) electrons. The second kappa shape index (κ2) is 8.01. The van der Waals surface area contributed by atoms with Crippen LogP contribution >= 0.6 is 0 Å². The SMILES string of the molecule is CC(C)c1ccc2oc(-c3ccc[n+](Cc4cccc(F)c4)c3)nc2c1.[Br-]. The Bertz CT molecular complexity index is 1070. The molecule has 2 aromatic carbocycles. The van der Waals surface area contributed by atoms with Gasteiger partial charge in [-0.3, -0.25) is 0 Å². The van der Waals surface area contributed by atoms with Gasteiger partial charge in [-0.15, -0.1) is 0 Å². The van der Waals surface area contributed by atoms with Crippen LogP contribution in [0.5, 0.6) is 0 Å². The molecule has 138 valence electrons. The molecule has 0 saturated carbocycles. The molecule has 27 heavy (non-hydrogen) atoms. The number of benzene rings is 2. The Balaban J connectivity index is 0.00000210. The molecule has 4 rings (SSSR count). The molecule has 4 aromatic rings. The number of hydrogen-bond acceptors (Lipinski definition) is 2. The lowest BCUT2D eigenvalue weighted by molar-refractivity contribution is -0.687. The van der Waals surface area contributed by atoms with Crippen LogP contribution in [0, 0.1) is 5.82 Å². The lowest BCUT2D eigenvalue weighted by atomic mass is 10.0. The fourth-order valence-corrected chi connectivity index (χ4v) is 3.02. The van der Waals surface area contributed by atoms with Gasteiger partial charge >= 0.3 is 0 Å². The maximum absolute atomic E-state index is 13.4. The minimum absolute atomic E-state index is 0. The molecule has 2 heterocycles. The van der Waals surface area contributed by atoms with E-state index in [0.29, 0.717) is 18.4 Å². The first-order valence-corrected chi connectivity index (χ1v) is 8.73. The van der Waals surface area contributed by atoms with Crippen LogP contribution < -0.4 is 21.5 Å². The quantitative estimate of drug-likeness (QED) is 0.467. The van der Waals surface area contributed by atoms with Crippen molar-refractivity contribution in [3.63, 3.8) is 0 Å². The summed E-state index contributed by atoms with van der Waals surface area (Å²) in [5.41, 5.74) is 4.70. The minimum atomic E-state index is -0.223. The van der Waals surface area contributed by atoms with E-state index in [1.165, 1.54) is 11.6 Å². The predicted molar refractivity (Wildman–Crippen MR) is 99.2 cm³/mol. The van der Waals surface area contributed by atoms with Crippen molar-refractivity contribution in [1.29, 1.82) is 0 Å². The number of aromatic nitrogens is 2. The average Bonchev–Trinajstić information content (AvgIpc) is 3.05. The summed E-state index contributed by atoms with van der Waals surface area (Å²) in [6.45, 7) is 4.91. The molecular formula is C22H20BrFN2O. The molecule has 0 unspecified atom stereocenters. The van der Waals surface area contributed by atoms with Crippen LogP contribution in [0.15, 0.2) is 71.4 Å². The van der Waals surface area contributed by atoms with Gasteiger partial charge in [0.2, 0.25) is 5.89 Å². The van der Waals surface area contributed by atoms with Gasteiger partial charge in [0.05, 0.1) is 0 Å². The Morgan fingerprint density at radius 1 is 1.07 bits per heavy atom. The summed E-state index contributed by atoms with van der Waals surface area (Å²) < 4.78 is 21.3. The van der Waals surface area contributed by atoms with E-state index in [1.807, 2.05) is 41.2 Å². The Morgan fingerprint density at radius 2 is 1.93 bits per heavy atom. The van der Waals surface area contributed by atoms with E-state index in [9.17, 15) is 4.39 Å². The van der Waals surface area contributed by atoms with E-state index < -0.39 is 0 Å². The number of halogens is 2. The average molecular weight is 427 g/mol. The van der Waals surface area contributed by atoms with Gasteiger partial charge in [-0.2, -0.15) is 4.57 Å². The summed E-state index contributed by atoms with van der Waals surface area (Å²) in [6, 6.07) is 16.7. The maximum atomic E-state index is 13.4. The van der Waals surface area contributed by atoms with E-state index in [0.717, 1.165) is 22.2 Å². The summed E-state index contributed by atoms with van der Waals surface area (Å²) >= 11 is 0. The van der Waals surface area contributed by atoms with Crippen molar-refractivity contribution in [3.8, 4) is 11.5 Å².